The van der Waals surface area contributed by atoms with E-state index in [4.69, 9.17) is 5.73 Å². The van der Waals surface area contributed by atoms with Gasteiger partial charge in [-0.25, -0.2) is 9.97 Å². The van der Waals surface area contributed by atoms with E-state index in [1.165, 1.54) is 6.07 Å². The van der Waals surface area contributed by atoms with Crippen LogP contribution in [0.25, 0.3) is 10.9 Å². The molecule has 17 heavy (non-hydrogen) atoms. The van der Waals surface area contributed by atoms with Gasteiger partial charge in [0.15, 0.2) is 0 Å². The summed E-state index contributed by atoms with van der Waals surface area (Å²) < 4.78 is 37.7. The van der Waals surface area contributed by atoms with Crippen molar-refractivity contribution < 1.29 is 13.2 Å². The zero-order chi connectivity index (χ0) is 12.6. The molecule has 2 rings (SSSR count). The number of fused-ring (bicyclic) bond motifs is 1. The number of hydrogen-bond donors (Lipinski definition) is 1. The standard InChI is InChI=1S/C11H10F3N3/c1-6-16-9-3-2-7(11(12,13)14)4-8(9)10(5-15)17-6/h2-4H,5,15H2,1H3. The van der Waals surface area contributed by atoms with Gasteiger partial charge in [-0.05, 0) is 25.1 Å². The first-order chi connectivity index (χ1) is 7.91. The maximum Gasteiger partial charge on any atom is 0.416 e. The number of aromatic nitrogens is 2. The summed E-state index contributed by atoms with van der Waals surface area (Å²) in [4.78, 5) is 8.11. The molecule has 2 aromatic rings. The van der Waals surface area contributed by atoms with Crippen LogP contribution in [0, 0.1) is 6.92 Å². The van der Waals surface area contributed by atoms with E-state index in [0.29, 0.717) is 22.4 Å². The SMILES string of the molecule is Cc1nc(CN)c2cc(C(F)(F)F)ccc2n1. The van der Waals surface area contributed by atoms with E-state index in [9.17, 15) is 13.2 Å². The topological polar surface area (TPSA) is 51.8 Å². The van der Waals surface area contributed by atoms with Crippen molar-refractivity contribution in [1.82, 2.24) is 9.97 Å². The maximum absolute atomic E-state index is 12.6. The summed E-state index contributed by atoms with van der Waals surface area (Å²) in [5.74, 6) is 0.498. The average molecular weight is 241 g/mol. The van der Waals surface area contributed by atoms with Crippen LogP contribution in [0.2, 0.25) is 0 Å². The van der Waals surface area contributed by atoms with Gasteiger partial charge in [0.1, 0.15) is 5.82 Å². The third-order valence-corrected chi connectivity index (χ3v) is 2.41. The Labute approximate surface area is 95.5 Å². The third-order valence-electron chi connectivity index (χ3n) is 2.41. The van der Waals surface area contributed by atoms with Crippen LogP contribution in [0.5, 0.6) is 0 Å². The van der Waals surface area contributed by atoms with E-state index < -0.39 is 11.7 Å². The monoisotopic (exact) mass is 241 g/mol. The smallest absolute Gasteiger partial charge is 0.325 e. The van der Waals surface area contributed by atoms with Gasteiger partial charge < -0.3 is 5.73 Å². The van der Waals surface area contributed by atoms with Gasteiger partial charge in [-0.3, -0.25) is 0 Å². The molecule has 90 valence electrons. The predicted octanol–water partition coefficient (Wildman–Crippen LogP) is 2.42. The normalized spacial score (nSPS) is 12.1. The van der Waals surface area contributed by atoms with Crippen LogP contribution in [0.4, 0.5) is 13.2 Å². The summed E-state index contributed by atoms with van der Waals surface area (Å²) in [5, 5.41) is 0.355. The molecule has 0 aliphatic carbocycles. The van der Waals surface area contributed by atoms with Crippen LogP contribution in [0.1, 0.15) is 17.1 Å². The molecule has 0 spiro atoms. The first-order valence-electron chi connectivity index (χ1n) is 4.96. The molecule has 0 radical (unpaired) electrons. The summed E-state index contributed by atoms with van der Waals surface area (Å²) in [7, 11) is 0. The minimum Gasteiger partial charge on any atom is -0.325 e. The van der Waals surface area contributed by atoms with Gasteiger partial charge in [0, 0.05) is 11.9 Å². The highest BCUT2D eigenvalue weighted by Crippen LogP contribution is 2.31. The van der Waals surface area contributed by atoms with Gasteiger partial charge in [-0.1, -0.05) is 0 Å². The minimum absolute atomic E-state index is 0.0845. The summed E-state index contributed by atoms with van der Waals surface area (Å²) in [5.41, 5.74) is 5.66. The van der Waals surface area contributed by atoms with E-state index in [-0.39, 0.29) is 6.54 Å². The van der Waals surface area contributed by atoms with Crippen molar-refractivity contribution in [3.8, 4) is 0 Å². The fourth-order valence-corrected chi connectivity index (χ4v) is 1.65. The third kappa shape index (κ3) is 2.21. The lowest BCUT2D eigenvalue weighted by molar-refractivity contribution is -0.137. The molecule has 1 heterocycles. The highest BCUT2D eigenvalue weighted by atomic mass is 19.4. The quantitative estimate of drug-likeness (QED) is 0.834. The van der Waals surface area contributed by atoms with Crippen LogP contribution < -0.4 is 5.73 Å². The number of rotatable bonds is 1. The van der Waals surface area contributed by atoms with Crippen molar-refractivity contribution in [2.24, 2.45) is 5.73 Å². The van der Waals surface area contributed by atoms with Crippen LogP contribution in [-0.4, -0.2) is 9.97 Å². The minimum atomic E-state index is -4.37. The predicted molar refractivity (Wildman–Crippen MR) is 57.2 cm³/mol. The van der Waals surface area contributed by atoms with Gasteiger partial charge in [-0.15, -0.1) is 0 Å². The zero-order valence-electron chi connectivity index (χ0n) is 9.04. The molecule has 0 saturated carbocycles. The second-order valence-corrected chi connectivity index (χ2v) is 3.65. The molecule has 6 heteroatoms. The highest BCUT2D eigenvalue weighted by Gasteiger charge is 2.30. The van der Waals surface area contributed by atoms with E-state index in [1.807, 2.05) is 0 Å². The second-order valence-electron chi connectivity index (χ2n) is 3.65. The lowest BCUT2D eigenvalue weighted by atomic mass is 10.1. The lowest BCUT2D eigenvalue weighted by Crippen LogP contribution is -2.07. The van der Waals surface area contributed by atoms with Gasteiger partial charge in [-0.2, -0.15) is 13.2 Å². The molecular formula is C11H10F3N3. The molecule has 0 aliphatic heterocycles. The lowest BCUT2D eigenvalue weighted by Gasteiger charge is -2.09. The van der Waals surface area contributed by atoms with Crippen molar-refractivity contribution >= 4 is 10.9 Å². The summed E-state index contributed by atoms with van der Waals surface area (Å²) in [6.45, 7) is 1.76. The molecule has 0 aliphatic rings. The summed E-state index contributed by atoms with van der Waals surface area (Å²) >= 11 is 0. The van der Waals surface area contributed by atoms with E-state index in [0.717, 1.165) is 12.1 Å². The fraction of sp³-hybridized carbons (Fsp3) is 0.273. The largest absolute Gasteiger partial charge is 0.416 e. The van der Waals surface area contributed by atoms with Gasteiger partial charge in [0.2, 0.25) is 0 Å². The molecule has 0 fully saturated rings. The Morgan fingerprint density at radius 2 is 1.94 bits per heavy atom. The Balaban J connectivity index is 2.72. The fourth-order valence-electron chi connectivity index (χ4n) is 1.65. The van der Waals surface area contributed by atoms with E-state index >= 15 is 0 Å². The Kier molecular flexibility index (Phi) is 2.74. The van der Waals surface area contributed by atoms with Crippen molar-refractivity contribution in [3.63, 3.8) is 0 Å². The van der Waals surface area contributed by atoms with Crippen molar-refractivity contribution in [2.45, 2.75) is 19.6 Å². The molecular weight excluding hydrogens is 231 g/mol. The van der Waals surface area contributed by atoms with Crippen molar-refractivity contribution in [3.05, 3.63) is 35.3 Å². The molecule has 1 aromatic heterocycles. The van der Waals surface area contributed by atoms with Crippen LogP contribution in [0.3, 0.4) is 0 Å². The molecule has 3 nitrogen and oxygen atoms in total. The molecule has 0 bridgehead atoms. The first kappa shape index (κ1) is 11.8. The number of nitrogens with zero attached hydrogens (tertiary/aromatic N) is 2. The Morgan fingerprint density at radius 1 is 1.24 bits per heavy atom. The summed E-state index contributed by atoms with van der Waals surface area (Å²) in [6, 6.07) is 3.39. The van der Waals surface area contributed by atoms with Gasteiger partial charge >= 0.3 is 6.18 Å². The molecule has 0 saturated heterocycles. The molecule has 0 amide bonds. The van der Waals surface area contributed by atoms with Crippen LogP contribution in [-0.2, 0) is 12.7 Å². The van der Waals surface area contributed by atoms with Crippen LogP contribution >= 0.6 is 0 Å². The number of benzene rings is 1. The average Bonchev–Trinajstić information content (AvgIpc) is 2.25. The number of aryl methyl sites for hydroxylation is 1. The van der Waals surface area contributed by atoms with Crippen LogP contribution in [0.15, 0.2) is 18.2 Å². The zero-order valence-corrected chi connectivity index (χ0v) is 9.04. The van der Waals surface area contributed by atoms with Crippen molar-refractivity contribution in [1.29, 1.82) is 0 Å². The number of alkyl halides is 3. The molecule has 0 unspecified atom stereocenters. The summed E-state index contributed by atoms with van der Waals surface area (Å²) in [6.07, 6.45) is -4.37. The molecule has 0 atom stereocenters. The van der Waals surface area contributed by atoms with E-state index in [1.54, 1.807) is 6.92 Å². The van der Waals surface area contributed by atoms with Crippen molar-refractivity contribution in [2.75, 3.05) is 0 Å². The number of hydrogen-bond acceptors (Lipinski definition) is 3. The Morgan fingerprint density at radius 3 is 2.53 bits per heavy atom. The Bertz CT molecular complexity index is 564. The Hall–Kier alpha value is -1.69. The van der Waals surface area contributed by atoms with Gasteiger partial charge in [0.05, 0.1) is 16.8 Å². The highest BCUT2D eigenvalue weighted by molar-refractivity contribution is 5.81. The van der Waals surface area contributed by atoms with Gasteiger partial charge in [0.25, 0.3) is 0 Å². The molecule has 1 aromatic carbocycles. The van der Waals surface area contributed by atoms with E-state index in [2.05, 4.69) is 9.97 Å². The molecule has 2 N–H and O–H groups in total. The first-order valence-corrected chi connectivity index (χ1v) is 4.96. The maximum atomic E-state index is 12.6. The number of halogens is 3. The number of nitrogens with two attached hydrogens (primary N) is 1. The second kappa shape index (κ2) is 3.96.